The summed E-state index contributed by atoms with van der Waals surface area (Å²) in [5, 5.41) is 4.50. The lowest BCUT2D eigenvalue weighted by molar-refractivity contribution is 0.736. The van der Waals surface area contributed by atoms with Crippen LogP contribution in [0.3, 0.4) is 0 Å². The predicted molar refractivity (Wildman–Crippen MR) is 103 cm³/mol. The van der Waals surface area contributed by atoms with E-state index in [1.54, 1.807) is 0 Å². The van der Waals surface area contributed by atoms with Gasteiger partial charge in [0.05, 0.1) is 10.7 Å². The maximum Gasteiger partial charge on any atom is 0.111 e. The first-order valence-corrected chi connectivity index (χ1v) is 8.96. The monoisotopic (exact) mass is 338 g/mol. The first kappa shape index (κ1) is 15.6. The number of rotatable bonds is 3. The number of nitrogens with zero attached hydrogens (tertiary/aromatic N) is 1. The van der Waals surface area contributed by atoms with Gasteiger partial charge in [0.1, 0.15) is 5.82 Å². The van der Waals surface area contributed by atoms with Gasteiger partial charge in [0, 0.05) is 17.1 Å². The maximum absolute atomic E-state index is 6.59. The molecule has 0 bridgehead atoms. The summed E-state index contributed by atoms with van der Waals surface area (Å²) in [7, 11) is 0. The molecule has 0 radical (unpaired) electrons. The standard InChI is InChI=1S/C21H23ClN2/c1-13(2)24(19-14(3)8-7-10-17(19)22)20-16-12-21(16,4)15-9-5-6-11-18(15)23-20/h5-11,13,23H,12H2,1-4H3/t21-/m1/s1. The third-order valence-corrected chi connectivity index (χ3v) is 5.62. The molecule has 1 fully saturated rings. The molecule has 4 rings (SSSR count). The number of hydrogen-bond acceptors (Lipinski definition) is 2. The van der Waals surface area contributed by atoms with Crippen LogP contribution in [0.4, 0.5) is 11.4 Å². The van der Waals surface area contributed by atoms with Crippen LogP contribution < -0.4 is 10.2 Å². The molecule has 1 N–H and O–H groups in total. The van der Waals surface area contributed by atoms with Gasteiger partial charge in [0.25, 0.3) is 0 Å². The van der Waals surface area contributed by atoms with Crippen LogP contribution in [0.15, 0.2) is 53.9 Å². The number of halogens is 1. The molecule has 3 heteroatoms. The first-order valence-electron chi connectivity index (χ1n) is 8.58. The number of fused-ring (bicyclic) bond motifs is 3. The average Bonchev–Trinajstić information content (AvgIpc) is 3.24. The molecule has 0 spiro atoms. The Morgan fingerprint density at radius 2 is 1.88 bits per heavy atom. The zero-order valence-electron chi connectivity index (χ0n) is 14.7. The number of para-hydroxylation sites is 2. The van der Waals surface area contributed by atoms with Crippen molar-refractivity contribution in [2.75, 3.05) is 10.2 Å². The fraction of sp³-hybridized carbons (Fsp3) is 0.333. The predicted octanol–water partition coefficient (Wildman–Crippen LogP) is 5.86. The molecular formula is C21H23ClN2. The SMILES string of the molecule is Cc1cccc(Cl)c1N(C1=C2C[C@]2(C)c2ccccc2N1)C(C)C. The molecule has 2 aromatic carbocycles. The lowest BCUT2D eigenvalue weighted by Gasteiger charge is -2.36. The Labute approximate surface area is 149 Å². The van der Waals surface area contributed by atoms with Crippen LogP contribution in [0, 0.1) is 6.92 Å². The molecule has 1 aliphatic heterocycles. The molecule has 0 unspecified atom stereocenters. The molecule has 1 saturated carbocycles. The molecule has 1 atom stereocenters. The highest BCUT2D eigenvalue weighted by Crippen LogP contribution is 2.60. The van der Waals surface area contributed by atoms with E-state index in [1.165, 1.54) is 28.2 Å². The van der Waals surface area contributed by atoms with Crippen molar-refractivity contribution in [3.05, 3.63) is 70.0 Å². The van der Waals surface area contributed by atoms with E-state index in [0.717, 1.165) is 17.1 Å². The lowest BCUT2D eigenvalue weighted by atomic mass is 9.93. The van der Waals surface area contributed by atoms with Gasteiger partial charge in [-0.1, -0.05) is 48.9 Å². The molecule has 2 aliphatic rings. The minimum Gasteiger partial charge on any atom is -0.341 e. The number of aryl methyl sites for hydroxylation is 1. The topological polar surface area (TPSA) is 15.3 Å². The van der Waals surface area contributed by atoms with E-state index in [-0.39, 0.29) is 5.41 Å². The number of benzene rings is 2. The van der Waals surface area contributed by atoms with Gasteiger partial charge in [-0.3, -0.25) is 0 Å². The summed E-state index contributed by atoms with van der Waals surface area (Å²) in [6.07, 6.45) is 1.11. The van der Waals surface area contributed by atoms with Crippen molar-refractivity contribution in [3.8, 4) is 0 Å². The highest BCUT2D eigenvalue weighted by molar-refractivity contribution is 6.33. The van der Waals surface area contributed by atoms with Crippen molar-refractivity contribution < 1.29 is 0 Å². The van der Waals surface area contributed by atoms with Crippen LogP contribution in [0.1, 0.15) is 38.3 Å². The first-order chi connectivity index (χ1) is 11.4. The Bertz CT molecular complexity index is 832. The van der Waals surface area contributed by atoms with Gasteiger partial charge in [0.2, 0.25) is 0 Å². The third kappa shape index (κ3) is 2.16. The summed E-state index contributed by atoms with van der Waals surface area (Å²) in [5.74, 6) is 1.21. The van der Waals surface area contributed by atoms with Crippen LogP contribution in [-0.2, 0) is 5.41 Å². The second kappa shape index (κ2) is 5.29. The van der Waals surface area contributed by atoms with E-state index < -0.39 is 0 Å². The Kier molecular flexibility index (Phi) is 3.43. The van der Waals surface area contributed by atoms with Gasteiger partial charge in [-0.2, -0.15) is 0 Å². The molecule has 0 amide bonds. The molecule has 0 saturated heterocycles. The van der Waals surface area contributed by atoms with Crippen LogP contribution in [0.5, 0.6) is 0 Å². The summed E-state index contributed by atoms with van der Waals surface area (Å²) in [5.41, 5.74) is 6.58. The second-order valence-corrected chi connectivity index (χ2v) is 7.78. The molecule has 24 heavy (non-hydrogen) atoms. The minimum atomic E-state index is 0.166. The maximum atomic E-state index is 6.59. The van der Waals surface area contributed by atoms with Crippen molar-refractivity contribution in [3.63, 3.8) is 0 Å². The largest absolute Gasteiger partial charge is 0.341 e. The average molecular weight is 339 g/mol. The van der Waals surface area contributed by atoms with E-state index in [1.807, 2.05) is 12.1 Å². The summed E-state index contributed by atoms with van der Waals surface area (Å²) in [6, 6.07) is 15.1. The quantitative estimate of drug-likeness (QED) is 0.753. The number of hydrogen-bond donors (Lipinski definition) is 1. The number of anilines is 2. The van der Waals surface area contributed by atoms with E-state index in [0.29, 0.717) is 6.04 Å². The van der Waals surface area contributed by atoms with Crippen molar-refractivity contribution in [2.24, 2.45) is 0 Å². The fourth-order valence-electron chi connectivity index (χ4n) is 3.95. The van der Waals surface area contributed by atoms with Gasteiger partial charge < -0.3 is 10.2 Å². The van der Waals surface area contributed by atoms with E-state index in [2.05, 4.69) is 68.2 Å². The molecule has 2 nitrogen and oxygen atoms in total. The van der Waals surface area contributed by atoms with Crippen molar-refractivity contribution in [1.29, 1.82) is 0 Å². The van der Waals surface area contributed by atoms with Crippen molar-refractivity contribution in [2.45, 2.75) is 45.6 Å². The minimum absolute atomic E-state index is 0.166. The van der Waals surface area contributed by atoms with Crippen LogP contribution >= 0.6 is 11.6 Å². The van der Waals surface area contributed by atoms with Crippen LogP contribution in [0.25, 0.3) is 0 Å². The fourth-order valence-corrected chi connectivity index (χ4v) is 4.26. The summed E-state index contributed by atoms with van der Waals surface area (Å²) >= 11 is 6.59. The number of allylic oxidation sites excluding steroid dienone is 1. The summed E-state index contributed by atoms with van der Waals surface area (Å²) in [4.78, 5) is 2.37. The van der Waals surface area contributed by atoms with Gasteiger partial charge in [-0.15, -0.1) is 0 Å². The van der Waals surface area contributed by atoms with Gasteiger partial charge >= 0.3 is 0 Å². The van der Waals surface area contributed by atoms with Crippen LogP contribution in [0.2, 0.25) is 5.02 Å². The zero-order chi connectivity index (χ0) is 17.1. The van der Waals surface area contributed by atoms with E-state index in [4.69, 9.17) is 11.6 Å². The smallest absolute Gasteiger partial charge is 0.111 e. The zero-order valence-corrected chi connectivity index (χ0v) is 15.4. The Hall–Kier alpha value is -1.93. The lowest BCUT2D eigenvalue weighted by Crippen LogP contribution is -2.36. The number of nitrogens with one attached hydrogen (secondary N) is 1. The van der Waals surface area contributed by atoms with Gasteiger partial charge in [-0.25, -0.2) is 0 Å². The Balaban J connectivity index is 1.87. The van der Waals surface area contributed by atoms with Crippen LogP contribution in [-0.4, -0.2) is 6.04 Å². The molecule has 1 heterocycles. The normalized spacial score (nSPS) is 21.2. The van der Waals surface area contributed by atoms with E-state index >= 15 is 0 Å². The molecule has 2 aromatic rings. The molecule has 0 aromatic heterocycles. The highest BCUT2D eigenvalue weighted by Gasteiger charge is 2.52. The summed E-state index contributed by atoms with van der Waals surface area (Å²) in [6.45, 7) is 8.92. The molecule has 1 aliphatic carbocycles. The van der Waals surface area contributed by atoms with E-state index in [9.17, 15) is 0 Å². The van der Waals surface area contributed by atoms with Gasteiger partial charge in [0.15, 0.2) is 0 Å². The third-order valence-electron chi connectivity index (χ3n) is 5.32. The Morgan fingerprint density at radius 1 is 1.12 bits per heavy atom. The Morgan fingerprint density at radius 3 is 2.58 bits per heavy atom. The molecular weight excluding hydrogens is 316 g/mol. The van der Waals surface area contributed by atoms with Gasteiger partial charge in [-0.05, 0) is 56.0 Å². The van der Waals surface area contributed by atoms with Crippen molar-refractivity contribution >= 4 is 23.0 Å². The highest BCUT2D eigenvalue weighted by atomic mass is 35.5. The summed E-state index contributed by atoms with van der Waals surface area (Å²) < 4.78 is 0. The molecule has 124 valence electrons. The second-order valence-electron chi connectivity index (χ2n) is 7.38. The van der Waals surface area contributed by atoms with Crippen molar-refractivity contribution in [1.82, 2.24) is 0 Å².